The highest BCUT2D eigenvalue weighted by atomic mass is 16.5. The molecule has 1 spiro atoms. The van der Waals surface area contributed by atoms with Gasteiger partial charge < -0.3 is 15.4 Å². The maximum Gasteiger partial charge on any atom is 0.188 e. The van der Waals surface area contributed by atoms with Crippen molar-refractivity contribution in [3.63, 3.8) is 0 Å². The summed E-state index contributed by atoms with van der Waals surface area (Å²) in [4.78, 5) is 1.99. The lowest BCUT2D eigenvalue weighted by Crippen LogP contribution is -2.40. The van der Waals surface area contributed by atoms with Crippen LogP contribution >= 0.6 is 0 Å². The smallest absolute Gasteiger partial charge is 0.188 e. The number of hydrogen-bond donors (Lipinski definition) is 2. The summed E-state index contributed by atoms with van der Waals surface area (Å²) in [5, 5.41) is 7.45. The van der Waals surface area contributed by atoms with E-state index in [2.05, 4.69) is 0 Å². The average Bonchev–Trinajstić information content (AvgIpc) is 2.44. The molecule has 1 heterocycles. The quantitative estimate of drug-likeness (QED) is 0.504. The number of hydrogen-bond acceptors (Lipinski definition) is 2. The Kier molecular flexibility index (Phi) is 2.39. The largest absolute Gasteiger partial charge is 0.384 e. The number of nitrogens with zero attached hydrogens (tertiary/aromatic N) is 1. The number of likely N-dealkylation sites (tertiary alicyclic amines) is 1. The molecule has 80 valence electrons. The first kappa shape index (κ1) is 9.77. The standard InChI is InChI=1S/C10H19N3O/c1-14-6-8-5-13(9(11)12)7-10(8)3-2-4-10/h8H,2-7H2,1H3,(H3,11,12)/t8-/m1/s1. The van der Waals surface area contributed by atoms with Gasteiger partial charge in [-0.2, -0.15) is 0 Å². The predicted molar refractivity (Wildman–Crippen MR) is 55.1 cm³/mol. The molecule has 3 N–H and O–H groups in total. The van der Waals surface area contributed by atoms with E-state index in [1.165, 1.54) is 19.3 Å². The summed E-state index contributed by atoms with van der Waals surface area (Å²) < 4.78 is 5.25. The lowest BCUT2D eigenvalue weighted by atomic mass is 9.63. The second-order valence-electron chi connectivity index (χ2n) is 4.63. The van der Waals surface area contributed by atoms with Gasteiger partial charge in [0.05, 0.1) is 6.61 Å². The van der Waals surface area contributed by atoms with Crippen molar-refractivity contribution in [2.45, 2.75) is 19.3 Å². The maximum absolute atomic E-state index is 7.45. The Bertz CT molecular complexity index is 238. The van der Waals surface area contributed by atoms with Crippen molar-refractivity contribution >= 4 is 5.96 Å². The molecule has 1 saturated carbocycles. The van der Waals surface area contributed by atoms with Gasteiger partial charge in [-0.15, -0.1) is 0 Å². The van der Waals surface area contributed by atoms with E-state index in [1.54, 1.807) is 7.11 Å². The first-order valence-electron chi connectivity index (χ1n) is 5.26. The van der Waals surface area contributed by atoms with Crippen LogP contribution in [-0.2, 0) is 4.74 Å². The summed E-state index contributed by atoms with van der Waals surface area (Å²) >= 11 is 0. The van der Waals surface area contributed by atoms with Crippen LogP contribution in [0.5, 0.6) is 0 Å². The van der Waals surface area contributed by atoms with Crippen LogP contribution in [0.2, 0.25) is 0 Å². The first-order chi connectivity index (χ1) is 6.68. The third-order valence-electron chi connectivity index (χ3n) is 3.87. The Morgan fingerprint density at radius 2 is 2.36 bits per heavy atom. The summed E-state index contributed by atoms with van der Waals surface area (Å²) in [6, 6.07) is 0. The molecule has 0 bridgehead atoms. The van der Waals surface area contributed by atoms with Crippen molar-refractivity contribution in [1.29, 1.82) is 5.41 Å². The van der Waals surface area contributed by atoms with Gasteiger partial charge in [-0.3, -0.25) is 5.41 Å². The van der Waals surface area contributed by atoms with Crippen molar-refractivity contribution in [2.75, 3.05) is 26.8 Å². The van der Waals surface area contributed by atoms with Crippen LogP contribution in [-0.4, -0.2) is 37.7 Å². The fraction of sp³-hybridized carbons (Fsp3) is 0.900. The molecule has 4 nitrogen and oxygen atoms in total. The van der Waals surface area contributed by atoms with Gasteiger partial charge in [-0.25, -0.2) is 0 Å². The molecular weight excluding hydrogens is 178 g/mol. The van der Waals surface area contributed by atoms with Gasteiger partial charge in [0.15, 0.2) is 5.96 Å². The third kappa shape index (κ3) is 1.38. The highest BCUT2D eigenvalue weighted by Crippen LogP contribution is 2.51. The van der Waals surface area contributed by atoms with E-state index in [9.17, 15) is 0 Å². The molecular formula is C10H19N3O. The zero-order valence-electron chi connectivity index (χ0n) is 8.75. The molecule has 2 aliphatic rings. The highest BCUT2D eigenvalue weighted by Gasteiger charge is 2.50. The van der Waals surface area contributed by atoms with Crippen molar-refractivity contribution in [1.82, 2.24) is 4.90 Å². The van der Waals surface area contributed by atoms with Crippen LogP contribution in [0.4, 0.5) is 0 Å². The molecule has 2 fully saturated rings. The summed E-state index contributed by atoms with van der Waals surface area (Å²) in [6.07, 6.45) is 3.89. The fourth-order valence-corrected chi connectivity index (χ4v) is 2.84. The van der Waals surface area contributed by atoms with E-state index in [1.807, 2.05) is 4.90 Å². The second kappa shape index (κ2) is 3.42. The monoisotopic (exact) mass is 197 g/mol. The molecule has 0 radical (unpaired) electrons. The van der Waals surface area contributed by atoms with E-state index in [-0.39, 0.29) is 5.96 Å². The molecule has 0 aromatic heterocycles. The van der Waals surface area contributed by atoms with Crippen LogP contribution in [0, 0.1) is 16.7 Å². The number of nitrogens with one attached hydrogen (secondary N) is 1. The minimum atomic E-state index is 0.217. The minimum Gasteiger partial charge on any atom is -0.384 e. The highest BCUT2D eigenvalue weighted by molar-refractivity contribution is 5.75. The van der Waals surface area contributed by atoms with Crippen molar-refractivity contribution < 1.29 is 4.74 Å². The molecule has 0 aromatic carbocycles. The van der Waals surface area contributed by atoms with Crippen LogP contribution < -0.4 is 5.73 Å². The van der Waals surface area contributed by atoms with Crippen LogP contribution in [0.15, 0.2) is 0 Å². The Balaban J connectivity index is 2.04. The molecule has 1 saturated heterocycles. The van der Waals surface area contributed by atoms with Gasteiger partial charge in [0, 0.05) is 26.1 Å². The minimum absolute atomic E-state index is 0.217. The van der Waals surface area contributed by atoms with Crippen molar-refractivity contribution in [3.8, 4) is 0 Å². The summed E-state index contributed by atoms with van der Waals surface area (Å²) in [7, 11) is 1.75. The van der Waals surface area contributed by atoms with Gasteiger partial charge in [0.1, 0.15) is 0 Å². The second-order valence-corrected chi connectivity index (χ2v) is 4.63. The summed E-state index contributed by atoms with van der Waals surface area (Å²) in [5.74, 6) is 0.792. The van der Waals surface area contributed by atoms with E-state index < -0.39 is 0 Å². The van der Waals surface area contributed by atoms with E-state index in [0.717, 1.165) is 19.7 Å². The Morgan fingerprint density at radius 3 is 2.79 bits per heavy atom. The van der Waals surface area contributed by atoms with Gasteiger partial charge >= 0.3 is 0 Å². The zero-order valence-corrected chi connectivity index (χ0v) is 8.75. The average molecular weight is 197 g/mol. The van der Waals surface area contributed by atoms with Gasteiger partial charge in [0.25, 0.3) is 0 Å². The molecule has 1 atom stereocenters. The van der Waals surface area contributed by atoms with Gasteiger partial charge in [0.2, 0.25) is 0 Å². The SMILES string of the molecule is COC[C@H]1CN(C(=N)N)CC12CCC2. The lowest BCUT2D eigenvalue weighted by Gasteiger charge is -2.42. The first-order valence-corrected chi connectivity index (χ1v) is 5.26. The Morgan fingerprint density at radius 1 is 1.64 bits per heavy atom. The number of ether oxygens (including phenoxy) is 1. The summed E-state index contributed by atoms with van der Waals surface area (Å²) in [5.41, 5.74) is 5.94. The molecule has 0 aromatic rings. The van der Waals surface area contributed by atoms with E-state index in [0.29, 0.717) is 11.3 Å². The number of nitrogens with two attached hydrogens (primary N) is 1. The van der Waals surface area contributed by atoms with Crippen molar-refractivity contribution in [2.24, 2.45) is 17.1 Å². The van der Waals surface area contributed by atoms with E-state index in [4.69, 9.17) is 15.9 Å². The normalized spacial score (nSPS) is 29.2. The third-order valence-corrected chi connectivity index (χ3v) is 3.87. The molecule has 1 aliphatic heterocycles. The molecule has 1 aliphatic carbocycles. The Labute approximate surface area is 84.9 Å². The predicted octanol–water partition coefficient (Wildman–Crippen LogP) is 0.628. The topological polar surface area (TPSA) is 62.3 Å². The fourth-order valence-electron chi connectivity index (χ4n) is 2.84. The molecule has 14 heavy (non-hydrogen) atoms. The maximum atomic E-state index is 7.45. The van der Waals surface area contributed by atoms with Crippen molar-refractivity contribution in [3.05, 3.63) is 0 Å². The number of rotatable bonds is 2. The zero-order chi connectivity index (χ0) is 10.2. The molecule has 0 amide bonds. The van der Waals surface area contributed by atoms with E-state index >= 15 is 0 Å². The number of methoxy groups -OCH3 is 1. The van der Waals surface area contributed by atoms with Crippen LogP contribution in [0.3, 0.4) is 0 Å². The number of guanidine groups is 1. The van der Waals surface area contributed by atoms with Crippen LogP contribution in [0.1, 0.15) is 19.3 Å². The lowest BCUT2D eigenvalue weighted by molar-refractivity contribution is 0.0374. The van der Waals surface area contributed by atoms with Gasteiger partial charge in [-0.05, 0) is 18.3 Å². The van der Waals surface area contributed by atoms with Crippen LogP contribution in [0.25, 0.3) is 0 Å². The summed E-state index contributed by atoms with van der Waals surface area (Å²) in [6.45, 7) is 2.68. The molecule has 2 rings (SSSR count). The molecule has 0 unspecified atom stereocenters. The Hall–Kier alpha value is -0.770. The molecule has 4 heteroatoms. The van der Waals surface area contributed by atoms with Gasteiger partial charge in [-0.1, -0.05) is 6.42 Å².